The van der Waals surface area contributed by atoms with E-state index >= 15 is 0 Å². The molecule has 64 valence electrons. The summed E-state index contributed by atoms with van der Waals surface area (Å²) in [5, 5.41) is 3.71. The maximum Gasteiger partial charge on any atom is 0.00798 e. The SMILES string of the molecule is CC1(C)CC(NC2CCC2)C1. The molecule has 2 rings (SSSR count). The zero-order chi connectivity index (χ0) is 7.90. The van der Waals surface area contributed by atoms with Gasteiger partial charge in [-0.2, -0.15) is 0 Å². The largest absolute Gasteiger partial charge is 0.311 e. The summed E-state index contributed by atoms with van der Waals surface area (Å²) in [6.45, 7) is 4.73. The van der Waals surface area contributed by atoms with Crippen LogP contribution >= 0.6 is 0 Å². The van der Waals surface area contributed by atoms with Gasteiger partial charge in [-0.05, 0) is 31.1 Å². The van der Waals surface area contributed by atoms with Gasteiger partial charge in [0.25, 0.3) is 0 Å². The Morgan fingerprint density at radius 2 is 1.73 bits per heavy atom. The summed E-state index contributed by atoms with van der Waals surface area (Å²) in [5.74, 6) is 0. The van der Waals surface area contributed by atoms with E-state index in [1.807, 2.05) is 0 Å². The average Bonchev–Trinajstić information content (AvgIpc) is 1.73. The van der Waals surface area contributed by atoms with Gasteiger partial charge in [0.15, 0.2) is 0 Å². The van der Waals surface area contributed by atoms with E-state index in [0.717, 1.165) is 12.1 Å². The summed E-state index contributed by atoms with van der Waals surface area (Å²) >= 11 is 0. The van der Waals surface area contributed by atoms with E-state index in [-0.39, 0.29) is 0 Å². The van der Waals surface area contributed by atoms with Crippen molar-refractivity contribution in [1.82, 2.24) is 5.32 Å². The van der Waals surface area contributed by atoms with E-state index in [0.29, 0.717) is 5.41 Å². The third kappa shape index (κ3) is 1.58. The van der Waals surface area contributed by atoms with Gasteiger partial charge < -0.3 is 5.32 Å². The van der Waals surface area contributed by atoms with Crippen LogP contribution in [0, 0.1) is 5.41 Å². The Bertz CT molecular complexity index is 139. The van der Waals surface area contributed by atoms with Crippen LogP contribution in [0.2, 0.25) is 0 Å². The van der Waals surface area contributed by atoms with Crippen LogP contribution < -0.4 is 5.32 Å². The van der Waals surface area contributed by atoms with Crippen LogP contribution in [0.25, 0.3) is 0 Å². The molecule has 1 nitrogen and oxygen atoms in total. The van der Waals surface area contributed by atoms with Crippen LogP contribution in [0.1, 0.15) is 46.0 Å². The van der Waals surface area contributed by atoms with Gasteiger partial charge in [-0.15, -0.1) is 0 Å². The number of nitrogens with one attached hydrogen (secondary N) is 1. The fraction of sp³-hybridized carbons (Fsp3) is 1.00. The predicted molar refractivity (Wildman–Crippen MR) is 47.6 cm³/mol. The van der Waals surface area contributed by atoms with Crippen molar-refractivity contribution in [3.63, 3.8) is 0 Å². The fourth-order valence-electron chi connectivity index (χ4n) is 2.30. The Morgan fingerprint density at radius 3 is 2.09 bits per heavy atom. The molecule has 0 heterocycles. The zero-order valence-electron chi connectivity index (χ0n) is 7.69. The molecule has 0 bridgehead atoms. The smallest absolute Gasteiger partial charge is 0.00798 e. The molecule has 0 atom stereocenters. The quantitative estimate of drug-likeness (QED) is 0.642. The molecule has 0 aliphatic heterocycles. The third-order valence-corrected chi connectivity index (χ3v) is 3.17. The second-order valence-electron chi connectivity index (χ2n) is 5.06. The molecule has 0 aromatic carbocycles. The van der Waals surface area contributed by atoms with Gasteiger partial charge in [0.1, 0.15) is 0 Å². The van der Waals surface area contributed by atoms with E-state index in [1.54, 1.807) is 0 Å². The number of rotatable bonds is 2. The Morgan fingerprint density at radius 1 is 1.09 bits per heavy atom. The molecule has 2 saturated carbocycles. The van der Waals surface area contributed by atoms with E-state index in [2.05, 4.69) is 19.2 Å². The minimum absolute atomic E-state index is 0.640. The maximum absolute atomic E-state index is 3.71. The monoisotopic (exact) mass is 153 g/mol. The third-order valence-electron chi connectivity index (χ3n) is 3.17. The van der Waals surface area contributed by atoms with E-state index in [1.165, 1.54) is 32.1 Å². The first-order valence-corrected chi connectivity index (χ1v) is 4.92. The number of hydrogen-bond acceptors (Lipinski definition) is 1. The molecule has 0 saturated heterocycles. The summed E-state index contributed by atoms with van der Waals surface area (Å²) in [7, 11) is 0. The molecule has 0 aromatic rings. The minimum Gasteiger partial charge on any atom is -0.311 e. The molecule has 0 amide bonds. The molecule has 1 heteroatoms. The summed E-state index contributed by atoms with van der Waals surface area (Å²) < 4.78 is 0. The van der Waals surface area contributed by atoms with Gasteiger partial charge in [-0.1, -0.05) is 20.3 Å². The van der Waals surface area contributed by atoms with Crippen LogP contribution in [0.15, 0.2) is 0 Å². The van der Waals surface area contributed by atoms with Crippen molar-refractivity contribution >= 4 is 0 Å². The van der Waals surface area contributed by atoms with E-state index < -0.39 is 0 Å². The minimum atomic E-state index is 0.640. The van der Waals surface area contributed by atoms with Crippen molar-refractivity contribution < 1.29 is 0 Å². The summed E-state index contributed by atoms with van der Waals surface area (Å²) in [6, 6.07) is 1.74. The van der Waals surface area contributed by atoms with Gasteiger partial charge >= 0.3 is 0 Å². The van der Waals surface area contributed by atoms with Crippen LogP contribution in [0.5, 0.6) is 0 Å². The molecule has 2 fully saturated rings. The normalized spacial score (nSPS) is 31.1. The van der Waals surface area contributed by atoms with Crippen molar-refractivity contribution in [3.05, 3.63) is 0 Å². The van der Waals surface area contributed by atoms with Gasteiger partial charge in [0.05, 0.1) is 0 Å². The van der Waals surface area contributed by atoms with Crippen LogP contribution in [0.3, 0.4) is 0 Å². The first kappa shape index (κ1) is 7.60. The molecule has 11 heavy (non-hydrogen) atoms. The molecule has 0 radical (unpaired) electrons. The summed E-state index contributed by atoms with van der Waals surface area (Å²) in [5.41, 5.74) is 0.640. The lowest BCUT2D eigenvalue weighted by Crippen LogP contribution is -2.51. The average molecular weight is 153 g/mol. The highest BCUT2D eigenvalue weighted by molar-refractivity contribution is 4.94. The molecular weight excluding hydrogens is 134 g/mol. The van der Waals surface area contributed by atoms with Gasteiger partial charge in [0.2, 0.25) is 0 Å². The molecule has 0 unspecified atom stereocenters. The van der Waals surface area contributed by atoms with Crippen LogP contribution in [-0.4, -0.2) is 12.1 Å². The predicted octanol–water partition coefficient (Wildman–Crippen LogP) is 2.32. The molecular formula is C10H19N. The Kier molecular flexibility index (Phi) is 1.71. The first-order chi connectivity index (χ1) is 5.16. The van der Waals surface area contributed by atoms with E-state index in [9.17, 15) is 0 Å². The summed E-state index contributed by atoms with van der Waals surface area (Å²) in [4.78, 5) is 0. The number of hydrogen-bond donors (Lipinski definition) is 1. The highest BCUT2D eigenvalue weighted by Gasteiger charge is 2.37. The standard InChI is InChI=1S/C10H19N/c1-10(2)6-9(7-10)11-8-4-3-5-8/h8-9,11H,3-7H2,1-2H3. The molecule has 1 N–H and O–H groups in total. The van der Waals surface area contributed by atoms with E-state index in [4.69, 9.17) is 0 Å². The Balaban J connectivity index is 1.67. The van der Waals surface area contributed by atoms with Gasteiger partial charge in [-0.3, -0.25) is 0 Å². The van der Waals surface area contributed by atoms with Crippen molar-refractivity contribution in [3.8, 4) is 0 Å². The van der Waals surface area contributed by atoms with Crippen molar-refractivity contribution in [2.75, 3.05) is 0 Å². The second-order valence-corrected chi connectivity index (χ2v) is 5.06. The van der Waals surface area contributed by atoms with Crippen molar-refractivity contribution in [1.29, 1.82) is 0 Å². The highest BCUT2D eigenvalue weighted by atomic mass is 15.0. The Hall–Kier alpha value is -0.0400. The fourth-order valence-corrected chi connectivity index (χ4v) is 2.30. The molecule has 2 aliphatic rings. The topological polar surface area (TPSA) is 12.0 Å². The van der Waals surface area contributed by atoms with Crippen molar-refractivity contribution in [2.45, 2.75) is 58.0 Å². The van der Waals surface area contributed by atoms with Gasteiger partial charge in [-0.25, -0.2) is 0 Å². The first-order valence-electron chi connectivity index (χ1n) is 4.92. The molecule has 2 aliphatic carbocycles. The lowest BCUT2D eigenvalue weighted by atomic mass is 9.68. The highest BCUT2D eigenvalue weighted by Crippen LogP contribution is 2.40. The van der Waals surface area contributed by atoms with Gasteiger partial charge in [0, 0.05) is 12.1 Å². The lowest BCUT2D eigenvalue weighted by molar-refractivity contribution is 0.104. The van der Waals surface area contributed by atoms with Crippen LogP contribution in [0.4, 0.5) is 0 Å². The maximum atomic E-state index is 3.71. The molecule has 0 aromatic heterocycles. The van der Waals surface area contributed by atoms with Crippen LogP contribution in [-0.2, 0) is 0 Å². The zero-order valence-corrected chi connectivity index (χ0v) is 7.69. The second kappa shape index (κ2) is 2.48. The summed E-state index contributed by atoms with van der Waals surface area (Å²) in [6.07, 6.45) is 7.09. The Labute approximate surface area is 69.6 Å². The lowest BCUT2D eigenvalue weighted by Gasteiger charge is -2.46. The van der Waals surface area contributed by atoms with Crippen molar-refractivity contribution in [2.24, 2.45) is 5.41 Å². The molecule has 0 spiro atoms.